The molecule has 4 aliphatic rings. The summed E-state index contributed by atoms with van der Waals surface area (Å²) in [6.45, 7) is 6.35. The highest BCUT2D eigenvalue weighted by Gasteiger charge is 2.48. The summed E-state index contributed by atoms with van der Waals surface area (Å²) in [5, 5.41) is 0. The monoisotopic (exact) mass is 349 g/mol. The highest BCUT2D eigenvalue weighted by Crippen LogP contribution is 2.38. The van der Waals surface area contributed by atoms with Crippen LogP contribution in [-0.4, -0.2) is 84.0 Å². The van der Waals surface area contributed by atoms with E-state index in [1.807, 2.05) is 4.90 Å². The van der Waals surface area contributed by atoms with Crippen molar-refractivity contribution < 1.29 is 14.3 Å². The second-order valence-electron chi connectivity index (χ2n) is 8.18. The Morgan fingerprint density at radius 3 is 2.68 bits per heavy atom. The molecule has 4 fully saturated rings. The van der Waals surface area contributed by atoms with Gasteiger partial charge in [0.1, 0.15) is 6.10 Å². The van der Waals surface area contributed by atoms with Gasteiger partial charge in [-0.15, -0.1) is 0 Å². The van der Waals surface area contributed by atoms with Gasteiger partial charge in [-0.3, -0.25) is 9.59 Å². The van der Waals surface area contributed by atoms with Crippen LogP contribution in [0, 0.1) is 0 Å². The Morgan fingerprint density at radius 1 is 1.08 bits per heavy atom. The number of nitrogens with zero attached hydrogens (tertiary/aromatic N) is 3. The predicted molar refractivity (Wildman–Crippen MR) is 94.1 cm³/mol. The normalized spacial score (nSPS) is 33.8. The molecule has 4 rings (SSSR count). The van der Waals surface area contributed by atoms with Gasteiger partial charge in [0.15, 0.2) is 0 Å². The molecule has 0 aromatic carbocycles. The van der Waals surface area contributed by atoms with Gasteiger partial charge < -0.3 is 19.4 Å². The minimum atomic E-state index is -0.245. The zero-order valence-electron chi connectivity index (χ0n) is 15.3. The van der Waals surface area contributed by atoms with Gasteiger partial charge in [-0.2, -0.15) is 0 Å². The molecule has 2 amide bonds. The summed E-state index contributed by atoms with van der Waals surface area (Å²) in [4.78, 5) is 31.9. The molecule has 140 valence electrons. The Morgan fingerprint density at radius 2 is 1.92 bits per heavy atom. The van der Waals surface area contributed by atoms with E-state index in [9.17, 15) is 9.59 Å². The van der Waals surface area contributed by atoms with Crippen molar-refractivity contribution in [2.75, 3.05) is 45.9 Å². The summed E-state index contributed by atoms with van der Waals surface area (Å²) >= 11 is 0. The fraction of sp³-hybridized carbons (Fsp3) is 0.895. The SMILES string of the molecule is O=C(C1CCCO1)N1CCCC2(CCC(=O)N2CCN2CCCC2)C1. The van der Waals surface area contributed by atoms with Gasteiger partial charge in [0.25, 0.3) is 5.91 Å². The van der Waals surface area contributed by atoms with Gasteiger partial charge in [-0.1, -0.05) is 0 Å². The van der Waals surface area contributed by atoms with Crippen LogP contribution in [0.25, 0.3) is 0 Å². The number of ether oxygens (including phenoxy) is 1. The van der Waals surface area contributed by atoms with Crippen molar-refractivity contribution in [2.45, 2.75) is 63.0 Å². The van der Waals surface area contributed by atoms with Gasteiger partial charge in [-0.25, -0.2) is 0 Å². The van der Waals surface area contributed by atoms with Crippen LogP contribution in [0.1, 0.15) is 51.4 Å². The average molecular weight is 349 g/mol. The number of rotatable bonds is 4. The van der Waals surface area contributed by atoms with Crippen molar-refractivity contribution in [1.82, 2.24) is 14.7 Å². The van der Waals surface area contributed by atoms with E-state index in [1.165, 1.54) is 25.9 Å². The van der Waals surface area contributed by atoms with E-state index in [1.54, 1.807) is 0 Å². The van der Waals surface area contributed by atoms with E-state index in [0.717, 1.165) is 51.7 Å². The van der Waals surface area contributed by atoms with E-state index in [0.29, 0.717) is 19.6 Å². The van der Waals surface area contributed by atoms with Gasteiger partial charge in [0, 0.05) is 39.2 Å². The zero-order chi connectivity index (χ0) is 17.3. The van der Waals surface area contributed by atoms with E-state index < -0.39 is 0 Å². The molecule has 4 heterocycles. The van der Waals surface area contributed by atoms with Crippen LogP contribution in [0.4, 0.5) is 0 Å². The zero-order valence-corrected chi connectivity index (χ0v) is 15.3. The lowest BCUT2D eigenvalue weighted by Crippen LogP contribution is -2.59. The molecule has 6 nitrogen and oxygen atoms in total. The molecule has 0 radical (unpaired) electrons. The van der Waals surface area contributed by atoms with Crippen molar-refractivity contribution in [2.24, 2.45) is 0 Å². The topological polar surface area (TPSA) is 53.1 Å². The van der Waals surface area contributed by atoms with Crippen LogP contribution < -0.4 is 0 Å². The molecule has 4 saturated heterocycles. The molecule has 0 saturated carbocycles. The maximum absolute atomic E-state index is 12.8. The fourth-order valence-corrected chi connectivity index (χ4v) is 5.18. The first kappa shape index (κ1) is 17.3. The molecule has 2 atom stereocenters. The molecule has 25 heavy (non-hydrogen) atoms. The summed E-state index contributed by atoms with van der Waals surface area (Å²) in [5.74, 6) is 0.432. The van der Waals surface area contributed by atoms with E-state index in [2.05, 4.69) is 9.80 Å². The van der Waals surface area contributed by atoms with Crippen LogP contribution in [0.2, 0.25) is 0 Å². The third kappa shape index (κ3) is 3.43. The van der Waals surface area contributed by atoms with Crippen molar-refractivity contribution in [3.63, 3.8) is 0 Å². The highest BCUT2D eigenvalue weighted by molar-refractivity contribution is 5.83. The molecular weight excluding hydrogens is 318 g/mol. The largest absolute Gasteiger partial charge is 0.368 e. The van der Waals surface area contributed by atoms with Crippen molar-refractivity contribution in [3.05, 3.63) is 0 Å². The lowest BCUT2D eigenvalue weighted by atomic mass is 9.86. The molecule has 0 aromatic rings. The molecule has 1 spiro atoms. The van der Waals surface area contributed by atoms with Crippen LogP contribution >= 0.6 is 0 Å². The van der Waals surface area contributed by atoms with Gasteiger partial charge in [0.05, 0.1) is 5.54 Å². The summed E-state index contributed by atoms with van der Waals surface area (Å²) in [6.07, 6.45) is 7.72. The molecule has 0 bridgehead atoms. The van der Waals surface area contributed by atoms with Gasteiger partial charge >= 0.3 is 0 Å². The first-order valence-corrected chi connectivity index (χ1v) is 10.1. The smallest absolute Gasteiger partial charge is 0.251 e. The Balaban J connectivity index is 1.42. The Kier molecular flexibility index (Phi) is 5.00. The molecule has 6 heteroatoms. The number of carbonyl (C=O) groups is 2. The number of amides is 2. The number of carbonyl (C=O) groups excluding carboxylic acids is 2. The third-order valence-electron chi connectivity index (χ3n) is 6.59. The standard InChI is InChI=1S/C19H31N3O3/c23-17-6-8-19(22(17)13-12-20-9-1-2-10-20)7-4-11-21(15-19)18(24)16-5-3-14-25-16/h16H,1-15H2. The lowest BCUT2D eigenvalue weighted by molar-refractivity contribution is -0.147. The number of hydrogen-bond acceptors (Lipinski definition) is 4. The summed E-state index contributed by atoms with van der Waals surface area (Å²) in [5.41, 5.74) is -0.122. The molecular formula is C19H31N3O3. The maximum Gasteiger partial charge on any atom is 0.251 e. The number of likely N-dealkylation sites (tertiary alicyclic amines) is 3. The van der Waals surface area contributed by atoms with E-state index >= 15 is 0 Å². The van der Waals surface area contributed by atoms with Gasteiger partial charge in [-0.05, 0) is 58.0 Å². The Labute approximate surface area is 150 Å². The van der Waals surface area contributed by atoms with Crippen molar-refractivity contribution in [1.29, 1.82) is 0 Å². The van der Waals surface area contributed by atoms with Crippen LogP contribution in [0.15, 0.2) is 0 Å². The second-order valence-corrected chi connectivity index (χ2v) is 8.18. The third-order valence-corrected chi connectivity index (χ3v) is 6.59. The second kappa shape index (κ2) is 7.23. The quantitative estimate of drug-likeness (QED) is 0.766. The molecule has 0 aromatic heterocycles. The molecule has 4 aliphatic heterocycles. The van der Waals surface area contributed by atoms with Crippen molar-refractivity contribution in [3.8, 4) is 0 Å². The highest BCUT2D eigenvalue weighted by atomic mass is 16.5. The van der Waals surface area contributed by atoms with Gasteiger partial charge in [0.2, 0.25) is 5.91 Å². The van der Waals surface area contributed by atoms with Crippen molar-refractivity contribution >= 4 is 11.8 Å². The predicted octanol–water partition coefficient (Wildman–Crippen LogP) is 1.24. The lowest BCUT2D eigenvalue weighted by Gasteiger charge is -2.46. The average Bonchev–Trinajstić information content (AvgIpc) is 3.37. The summed E-state index contributed by atoms with van der Waals surface area (Å²) in [7, 11) is 0. The van der Waals surface area contributed by atoms with Crippen LogP contribution in [-0.2, 0) is 14.3 Å². The molecule has 0 aliphatic carbocycles. The first-order valence-electron chi connectivity index (χ1n) is 10.1. The van der Waals surface area contributed by atoms with Crippen LogP contribution in [0.5, 0.6) is 0 Å². The Hall–Kier alpha value is -1.14. The molecule has 2 unspecified atom stereocenters. The van der Waals surface area contributed by atoms with E-state index in [-0.39, 0.29) is 23.5 Å². The number of piperidine rings is 1. The Bertz CT molecular complexity index is 514. The summed E-state index contributed by atoms with van der Waals surface area (Å²) < 4.78 is 5.60. The first-order chi connectivity index (χ1) is 12.2. The molecule has 0 N–H and O–H groups in total. The minimum Gasteiger partial charge on any atom is -0.368 e. The van der Waals surface area contributed by atoms with Crippen LogP contribution in [0.3, 0.4) is 0 Å². The summed E-state index contributed by atoms with van der Waals surface area (Å²) in [6, 6.07) is 0. The fourth-order valence-electron chi connectivity index (χ4n) is 5.18. The minimum absolute atomic E-state index is 0.122. The number of hydrogen-bond donors (Lipinski definition) is 0. The van der Waals surface area contributed by atoms with E-state index in [4.69, 9.17) is 4.74 Å². The maximum atomic E-state index is 12.8.